The lowest BCUT2D eigenvalue weighted by Crippen LogP contribution is -2.34. The Labute approximate surface area is 124 Å². The van der Waals surface area contributed by atoms with E-state index in [-0.39, 0.29) is 11.9 Å². The molecular weight excluding hydrogens is 264 g/mol. The molecule has 1 unspecified atom stereocenters. The first-order chi connectivity index (χ1) is 10.1. The lowest BCUT2D eigenvalue weighted by atomic mass is 10.1. The molecule has 0 aliphatic heterocycles. The van der Waals surface area contributed by atoms with E-state index in [1.54, 1.807) is 25.3 Å². The van der Waals surface area contributed by atoms with Crippen LogP contribution in [0.15, 0.2) is 48.5 Å². The molecule has 0 aromatic heterocycles. The van der Waals surface area contributed by atoms with E-state index in [1.807, 2.05) is 37.3 Å². The predicted octanol–water partition coefficient (Wildman–Crippen LogP) is 2.64. The number of nitrogens with one attached hydrogen (secondary N) is 1. The zero-order valence-electron chi connectivity index (χ0n) is 12.3. The Kier molecular flexibility index (Phi) is 4.82. The Morgan fingerprint density at radius 1 is 1.24 bits per heavy atom. The van der Waals surface area contributed by atoms with Crippen LogP contribution in [-0.4, -0.2) is 19.1 Å². The lowest BCUT2D eigenvalue weighted by molar-refractivity contribution is 0.0940. The van der Waals surface area contributed by atoms with Crippen molar-refractivity contribution in [1.29, 1.82) is 0 Å². The topological polar surface area (TPSA) is 64.3 Å². The maximum absolute atomic E-state index is 12.3. The molecule has 2 aromatic carbocycles. The number of amides is 1. The number of nitrogen functional groups attached to an aromatic ring is 1. The van der Waals surface area contributed by atoms with Crippen LogP contribution in [0.2, 0.25) is 0 Å². The van der Waals surface area contributed by atoms with Crippen LogP contribution in [0.25, 0.3) is 0 Å². The highest BCUT2D eigenvalue weighted by Gasteiger charge is 2.14. The molecule has 0 bridgehead atoms. The average Bonchev–Trinajstić information content (AvgIpc) is 2.48. The molecule has 0 saturated heterocycles. The quantitative estimate of drug-likeness (QED) is 0.830. The summed E-state index contributed by atoms with van der Waals surface area (Å²) in [6.45, 7) is 1.97. The number of carbonyl (C=O) groups excluding carboxylic acids is 1. The van der Waals surface area contributed by atoms with E-state index in [9.17, 15) is 4.79 Å². The van der Waals surface area contributed by atoms with E-state index in [0.717, 1.165) is 6.42 Å². The Bertz CT molecular complexity index is 611. The van der Waals surface area contributed by atoms with E-state index in [1.165, 1.54) is 5.56 Å². The van der Waals surface area contributed by atoms with Gasteiger partial charge >= 0.3 is 0 Å². The van der Waals surface area contributed by atoms with Crippen LogP contribution in [0, 0.1) is 0 Å². The molecule has 1 amide bonds. The second-order valence-corrected chi connectivity index (χ2v) is 5.02. The van der Waals surface area contributed by atoms with Crippen LogP contribution in [0.3, 0.4) is 0 Å². The zero-order chi connectivity index (χ0) is 15.2. The highest BCUT2D eigenvalue weighted by atomic mass is 16.5. The molecule has 0 aliphatic rings. The first-order valence-corrected chi connectivity index (χ1v) is 6.88. The number of rotatable bonds is 5. The molecule has 0 radical (unpaired) electrons. The normalized spacial score (nSPS) is 11.7. The largest absolute Gasteiger partial charge is 0.497 e. The monoisotopic (exact) mass is 284 g/mol. The second-order valence-electron chi connectivity index (χ2n) is 5.02. The summed E-state index contributed by atoms with van der Waals surface area (Å²) in [5.41, 5.74) is 7.92. The summed E-state index contributed by atoms with van der Waals surface area (Å²) in [5.74, 6) is 0.430. The molecule has 2 aromatic rings. The number of methoxy groups -OCH3 is 1. The molecule has 110 valence electrons. The van der Waals surface area contributed by atoms with Crippen molar-refractivity contribution >= 4 is 11.6 Å². The summed E-state index contributed by atoms with van der Waals surface area (Å²) in [5, 5.41) is 2.96. The first-order valence-electron chi connectivity index (χ1n) is 6.88. The zero-order valence-corrected chi connectivity index (χ0v) is 12.3. The predicted molar refractivity (Wildman–Crippen MR) is 84.5 cm³/mol. The van der Waals surface area contributed by atoms with E-state index >= 15 is 0 Å². The van der Waals surface area contributed by atoms with Crippen molar-refractivity contribution in [2.75, 3.05) is 12.8 Å². The van der Waals surface area contributed by atoms with Crippen LogP contribution < -0.4 is 15.8 Å². The summed E-state index contributed by atoms with van der Waals surface area (Å²) in [7, 11) is 1.56. The molecule has 0 fully saturated rings. The van der Waals surface area contributed by atoms with E-state index < -0.39 is 0 Å². The van der Waals surface area contributed by atoms with Gasteiger partial charge < -0.3 is 15.8 Å². The van der Waals surface area contributed by atoms with Gasteiger partial charge in [-0.05, 0) is 37.1 Å². The Morgan fingerprint density at radius 2 is 1.95 bits per heavy atom. The standard InChI is InChI=1S/C17H20N2O2/c1-12(10-13-6-4-3-5-7-13)19-17(20)15-11-14(21-2)8-9-16(15)18/h3-9,11-12H,10,18H2,1-2H3,(H,19,20). The fraction of sp³-hybridized carbons (Fsp3) is 0.235. The molecule has 3 N–H and O–H groups in total. The molecular formula is C17H20N2O2. The van der Waals surface area contributed by atoms with Crippen molar-refractivity contribution in [2.45, 2.75) is 19.4 Å². The molecule has 4 heteroatoms. The number of nitrogens with two attached hydrogens (primary N) is 1. The molecule has 0 spiro atoms. The third kappa shape index (κ3) is 3.99. The van der Waals surface area contributed by atoms with Gasteiger partial charge in [-0.15, -0.1) is 0 Å². The second kappa shape index (κ2) is 6.79. The lowest BCUT2D eigenvalue weighted by Gasteiger charge is -2.15. The van der Waals surface area contributed by atoms with Crippen molar-refractivity contribution in [2.24, 2.45) is 0 Å². The SMILES string of the molecule is COc1ccc(N)c(C(=O)NC(C)Cc2ccccc2)c1. The Balaban J connectivity index is 2.04. The fourth-order valence-corrected chi connectivity index (χ4v) is 2.18. The number of carbonyl (C=O) groups is 1. The number of ether oxygens (including phenoxy) is 1. The third-order valence-corrected chi connectivity index (χ3v) is 3.27. The van der Waals surface area contributed by atoms with Gasteiger partial charge in [0.15, 0.2) is 0 Å². The van der Waals surface area contributed by atoms with Crippen LogP contribution in [-0.2, 0) is 6.42 Å². The number of benzene rings is 2. The van der Waals surface area contributed by atoms with Crippen molar-refractivity contribution in [3.63, 3.8) is 0 Å². The summed E-state index contributed by atoms with van der Waals surface area (Å²) in [6.07, 6.45) is 0.774. The molecule has 1 atom stereocenters. The summed E-state index contributed by atoms with van der Waals surface area (Å²) >= 11 is 0. The summed E-state index contributed by atoms with van der Waals surface area (Å²) < 4.78 is 5.13. The van der Waals surface area contributed by atoms with Gasteiger partial charge in [0.05, 0.1) is 12.7 Å². The van der Waals surface area contributed by atoms with Gasteiger partial charge in [0, 0.05) is 11.7 Å². The minimum Gasteiger partial charge on any atom is -0.497 e. The van der Waals surface area contributed by atoms with Crippen molar-refractivity contribution in [3.8, 4) is 5.75 Å². The molecule has 21 heavy (non-hydrogen) atoms. The smallest absolute Gasteiger partial charge is 0.253 e. The number of hydrogen-bond donors (Lipinski definition) is 2. The number of anilines is 1. The third-order valence-electron chi connectivity index (χ3n) is 3.27. The van der Waals surface area contributed by atoms with Gasteiger partial charge in [-0.3, -0.25) is 4.79 Å². The van der Waals surface area contributed by atoms with Crippen LogP contribution in [0.5, 0.6) is 5.75 Å². The van der Waals surface area contributed by atoms with Crippen LogP contribution >= 0.6 is 0 Å². The Hall–Kier alpha value is -2.49. The van der Waals surface area contributed by atoms with Gasteiger partial charge in [0.1, 0.15) is 5.75 Å². The van der Waals surface area contributed by atoms with E-state index in [4.69, 9.17) is 10.5 Å². The van der Waals surface area contributed by atoms with Gasteiger partial charge in [-0.1, -0.05) is 30.3 Å². The Morgan fingerprint density at radius 3 is 2.62 bits per heavy atom. The maximum Gasteiger partial charge on any atom is 0.253 e. The van der Waals surface area contributed by atoms with Gasteiger partial charge in [0.2, 0.25) is 0 Å². The van der Waals surface area contributed by atoms with Gasteiger partial charge in [0.25, 0.3) is 5.91 Å². The minimum absolute atomic E-state index is 0.0190. The van der Waals surface area contributed by atoms with Crippen molar-refractivity contribution < 1.29 is 9.53 Å². The van der Waals surface area contributed by atoms with Gasteiger partial charge in [-0.2, -0.15) is 0 Å². The first kappa shape index (κ1) is 14.9. The number of hydrogen-bond acceptors (Lipinski definition) is 3. The van der Waals surface area contributed by atoms with Crippen molar-refractivity contribution in [3.05, 3.63) is 59.7 Å². The van der Waals surface area contributed by atoms with E-state index in [2.05, 4.69) is 5.32 Å². The fourth-order valence-electron chi connectivity index (χ4n) is 2.18. The highest BCUT2D eigenvalue weighted by Crippen LogP contribution is 2.19. The van der Waals surface area contributed by atoms with Crippen LogP contribution in [0.1, 0.15) is 22.8 Å². The van der Waals surface area contributed by atoms with E-state index in [0.29, 0.717) is 17.0 Å². The highest BCUT2D eigenvalue weighted by molar-refractivity contribution is 5.99. The molecule has 2 rings (SSSR count). The summed E-state index contributed by atoms with van der Waals surface area (Å²) in [6, 6.07) is 15.1. The van der Waals surface area contributed by atoms with Gasteiger partial charge in [-0.25, -0.2) is 0 Å². The van der Waals surface area contributed by atoms with Crippen molar-refractivity contribution in [1.82, 2.24) is 5.32 Å². The molecule has 0 heterocycles. The molecule has 4 nitrogen and oxygen atoms in total. The van der Waals surface area contributed by atoms with Crippen LogP contribution in [0.4, 0.5) is 5.69 Å². The summed E-state index contributed by atoms with van der Waals surface area (Å²) in [4.78, 5) is 12.3. The molecule has 0 aliphatic carbocycles. The molecule has 0 saturated carbocycles. The average molecular weight is 284 g/mol. The maximum atomic E-state index is 12.3. The minimum atomic E-state index is -0.185.